The number of benzene rings is 2. The van der Waals surface area contributed by atoms with Crippen LogP contribution in [0.3, 0.4) is 0 Å². The number of hydrogen-bond donors (Lipinski definition) is 1. The number of amides is 1. The van der Waals surface area contributed by atoms with Crippen molar-refractivity contribution in [2.45, 2.75) is 38.1 Å². The lowest BCUT2D eigenvalue weighted by Gasteiger charge is -2.33. The Morgan fingerprint density at radius 1 is 1.10 bits per heavy atom. The number of carbonyl (C=O) groups is 1. The van der Waals surface area contributed by atoms with E-state index in [1.165, 1.54) is 12.8 Å². The summed E-state index contributed by atoms with van der Waals surface area (Å²) in [5.74, 6) is 0.972. The fraction of sp³-hybridized carbons (Fsp3) is 0.346. The van der Waals surface area contributed by atoms with Gasteiger partial charge in [-0.25, -0.2) is 0 Å². The van der Waals surface area contributed by atoms with Crippen LogP contribution in [0, 0.1) is 17.2 Å². The van der Waals surface area contributed by atoms with Crippen LogP contribution in [0.2, 0.25) is 0 Å². The largest absolute Gasteiger partial charge is 0.382 e. The van der Waals surface area contributed by atoms with Crippen molar-refractivity contribution in [3.8, 4) is 17.2 Å². The zero-order valence-electron chi connectivity index (χ0n) is 17.6. The molecule has 2 aliphatic rings. The zero-order chi connectivity index (χ0) is 21.2. The second-order valence-electron chi connectivity index (χ2n) is 8.76. The predicted molar refractivity (Wildman–Crippen MR) is 122 cm³/mol. The highest BCUT2D eigenvalue weighted by Crippen LogP contribution is 2.34. The van der Waals surface area contributed by atoms with Gasteiger partial charge in [-0.05, 0) is 78.4 Å². The molecule has 1 N–H and O–H groups in total. The van der Waals surface area contributed by atoms with Crippen molar-refractivity contribution in [2.24, 2.45) is 5.92 Å². The number of rotatable bonds is 5. The molecule has 1 aromatic heterocycles. The molecule has 3 aromatic rings. The number of nitrogens with one attached hydrogen (secondary N) is 1. The van der Waals surface area contributed by atoms with Crippen molar-refractivity contribution in [3.05, 3.63) is 60.4 Å². The lowest BCUT2D eigenvalue weighted by atomic mass is 9.98. The summed E-state index contributed by atoms with van der Waals surface area (Å²) in [4.78, 5) is 18.8. The Bertz CT molecular complexity index is 1150. The van der Waals surface area contributed by atoms with Gasteiger partial charge in [0.05, 0.1) is 11.6 Å². The highest BCUT2D eigenvalue weighted by molar-refractivity contribution is 5.97. The number of fused-ring (bicyclic) bond motifs is 1. The van der Waals surface area contributed by atoms with Crippen molar-refractivity contribution in [3.63, 3.8) is 0 Å². The first kappa shape index (κ1) is 19.6. The molecule has 0 spiro atoms. The molecule has 2 aromatic carbocycles. The van der Waals surface area contributed by atoms with E-state index in [2.05, 4.69) is 28.5 Å². The topological polar surface area (TPSA) is 69.0 Å². The van der Waals surface area contributed by atoms with Gasteiger partial charge in [0.1, 0.15) is 0 Å². The molecular weight excluding hydrogens is 384 g/mol. The van der Waals surface area contributed by atoms with Gasteiger partial charge >= 0.3 is 0 Å². The summed E-state index contributed by atoms with van der Waals surface area (Å²) >= 11 is 0. The molecule has 0 unspecified atom stereocenters. The van der Waals surface area contributed by atoms with Crippen LogP contribution < -0.4 is 5.32 Å². The molecular formula is C26H26N4O. The Balaban J connectivity index is 1.36. The summed E-state index contributed by atoms with van der Waals surface area (Å²) in [7, 11) is 0. The van der Waals surface area contributed by atoms with E-state index >= 15 is 0 Å². The third-order valence-electron chi connectivity index (χ3n) is 6.45. The van der Waals surface area contributed by atoms with Gasteiger partial charge in [0.25, 0.3) is 0 Å². The van der Waals surface area contributed by atoms with Gasteiger partial charge in [-0.1, -0.05) is 12.1 Å². The molecule has 5 nitrogen and oxygen atoms in total. The van der Waals surface area contributed by atoms with Crippen LogP contribution in [-0.2, 0) is 4.79 Å². The molecule has 1 saturated carbocycles. The van der Waals surface area contributed by atoms with Crippen LogP contribution >= 0.6 is 0 Å². The normalized spacial score (nSPS) is 16.8. The maximum Gasteiger partial charge on any atom is 0.222 e. The zero-order valence-corrected chi connectivity index (χ0v) is 17.6. The van der Waals surface area contributed by atoms with E-state index in [1.54, 1.807) is 0 Å². The van der Waals surface area contributed by atoms with Crippen LogP contribution in [0.25, 0.3) is 21.9 Å². The first-order valence-corrected chi connectivity index (χ1v) is 11.1. The van der Waals surface area contributed by atoms with E-state index in [-0.39, 0.29) is 0 Å². The lowest BCUT2D eigenvalue weighted by Crippen LogP contribution is -2.42. The fourth-order valence-electron chi connectivity index (χ4n) is 4.44. The van der Waals surface area contributed by atoms with E-state index in [9.17, 15) is 10.1 Å². The van der Waals surface area contributed by atoms with Gasteiger partial charge in [-0.2, -0.15) is 5.26 Å². The summed E-state index contributed by atoms with van der Waals surface area (Å²) in [6.07, 6.45) is 8.79. The average Bonchev–Trinajstić information content (AvgIpc) is 3.63. The van der Waals surface area contributed by atoms with Crippen molar-refractivity contribution in [1.29, 1.82) is 5.26 Å². The predicted octanol–water partition coefficient (Wildman–Crippen LogP) is 4.98. The minimum absolute atomic E-state index is 0.328. The van der Waals surface area contributed by atoms with Gasteiger partial charge in [-0.15, -0.1) is 0 Å². The molecule has 1 aliphatic heterocycles. The Hall–Kier alpha value is -3.39. The van der Waals surface area contributed by atoms with E-state index in [1.807, 2.05) is 47.6 Å². The number of nitriles is 1. The minimum atomic E-state index is 0.328. The molecule has 156 valence electrons. The summed E-state index contributed by atoms with van der Waals surface area (Å²) < 4.78 is 0. The minimum Gasteiger partial charge on any atom is -0.382 e. The van der Waals surface area contributed by atoms with Crippen LogP contribution in [0.5, 0.6) is 0 Å². The maximum absolute atomic E-state index is 12.4. The molecule has 1 aliphatic carbocycles. The smallest absolute Gasteiger partial charge is 0.222 e. The number of carbonyl (C=O) groups excluding carboxylic acids is 1. The fourth-order valence-corrected chi connectivity index (χ4v) is 4.44. The summed E-state index contributed by atoms with van der Waals surface area (Å²) in [6, 6.07) is 16.6. The van der Waals surface area contributed by atoms with Crippen molar-refractivity contribution < 1.29 is 4.79 Å². The SMILES string of the molecule is N#Cc1cccc(-c2cc(NC3CCN(C(=O)CC4CC4)CC3)c3cnccc3c2)c1. The van der Waals surface area contributed by atoms with E-state index in [4.69, 9.17) is 0 Å². The number of likely N-dealkylation sites (tertiary alicyclic amines) is 1. The van der Waals surface area contributed by atoms with Crippen molar-refractivity contribution in [2.75, 3.05) is 18.4 Å². The highest BCUT2D eigenvalue weighted by atomic mass is 16.2. The van der Waals surface area contributed by atoms with E-state index in [0.29, 0.717) is 23.4 Å². The Morgan fingerprint density at radius 2 is 1.94 bits per heavy atom. The molecule has 2 heterocycles. The van der Waals surface area contributed by atoms with Crippen LogP contribution in [-0.4, -0.2) is 34.9 Å². The van der Waals surface area contributed by atoms with Crippen molar-refractivity contribution >= 4 is 22.4 Å². The number of piperidine rings is 1. The average molecular weight is 411 g/mol. The molecule has 1 saturated heterocycles. The lowest BCUT2D eigenvalue weighted by molar-refractivity contribution is -0.132. The number of hydrogen-bond acceptors (Lipinski definition) is 4. The second kappa shape index (κ2) is 8.39. The van der Waals surface area contributed by atoms with Crippen LogP contribution in [0.4, 0.5) is 5.69 Å². The first-order valence-electron chi connectivity index (χ1n) is 11.1. The number of nitrogens with zero attached hydrogens (tertiary/aromatic N) is 3. The van der Waals surface area contributed by atoms with Crippen LogP contribution in [0.15, 0.2) is 54.9 Å². The molecule has 0 radical (unpaired) electrons. The Kier molecular flexibility index (Phi) is 5.30. The molecule has 2 fully saturated rings. The third kappa shape index (κ3) is 4.39. The summed E-state index contributed by atoms with van der Waals surface area (Å²) in [5, 5.41) is 15.2. The van der Waals surface area contributed by atoms with Gasteiger partial charge in [0, 0.05) is 49.0 Å². The highest BCUT2D eigenvalue weighted by Gasteiger charge is 2.29. The maximum atomic E-state index is 12.4. The van der Waals surface area contributed by atoms with Gasteiger partial charge in [0.15, 0.2) is 0 Å². The standard InChI is InChI=1S/C26H26N4O/c27-16-19-2-1-3-20(12-19)22-14-21-6-9-28-17-24(21)25(15-22)29-23-7-10-30(11-8-23)26(31)13-18-4-5-18/h1-3,6,9,12,14-15,17-18,23,29H,4-5,7-8,10-11,13H2. The van der Waals surface area contributed by atoms with Crippen molar-refractivity contribution in [1.82, 2.24) is 9.88 Å². The molecule has 5 heteroatoms. The van der Waals surface area contributed by atoms with Crippen LogP contribution in [0.1, 0.15) is 37.7 Å². The van der Waals surface area contributed by atoms with Gasteiger partial charge < -0.3 is 10.2 Å². The first-order chi connectivity index (χ1) is 15.2. The molecule has 0 bridgehead atoms. The molecule has 31 heavy (non-hydrogen) atoms. The van der Waals surface area contributed by atoms with E-state index < -0.39 is 0 Å². The molecule has 5 rings (SSSR count). The second-order valence-corrected chi connectivity index (χ2v) is 8.76. The van der Waals surface area contributed by atoms with Gasteiger partial charge in [0.2, 0.25) is 5.91 Å². The van der Waals surface area contributed by atoms with Gasteiger partial charge in [-0.3, -0.25) is 9.78 Å². The summed E-state index contributed by atoms with van der Waals surface area (Å²) in [5.41, 5.74) is 3.83. The number of aromatic nitrogens is 1. The Labute approximate surface area is 182 Å². The third-order valence-corrected chi connectivity index (χ3v) is 6.45. The number of pyridine rings is 1. The molecule has 1 amide bonds. The monoisotopic (exact) mass is 410 g/mol. The quantitative estimate of drug-likeness (QED) is 0.644. The van der Waals surface area contributed by atoms with E-state index in [0.717, 1.165) is 59.9 Å². The number of anilines is 1. The molecule has 0 atom stereocenters. The summed E-state index contributed by atoms with van der Waals surface area (Å²) in [6.45, 7) is 1.65. The Morgan fingerprint density at radius 3 is 2.71 bits per heavy atom.